The summed E-state index contributed by atoms with van der Waals surface area (Å²) in [7, 11) is 1.35. The van der Waals surface area contributed by atoms with Crippen molar-refractivity contribution in [1.82, 2.24) is 5.32 Å². The molecule has 0 aromatic rings. The van der Waals surface area contributed by atoms with Crippen molar-refractivity contribution in [2.45, 2.75) is 12.1 Å². The third-order valence-corrected chi connectivity index (χ3v) is 2.75. The summed E-state index contributed by atoms with van der Waals surface area (Å²) in [6.45, 7) is 0. The molecule has 5 heteroatoms. The summed E-state index contributed by atoms with van der Waals surface area (Å²) >= 11 is 1.59. The molecule has 0 saturated carbocycles. The van der Waals surface area contributed by atoms with Crippen LogP contribution >= 0.6 is 11.8 Å². The van der Waals surface area contributed by atoms with Gasteiger partial charge in [0.15, 0.2) is 0 Å². The Labute approximate surface area is 75.3 Å². The highest BCUT2D eigenvalue weighted by Gasteiger charge is 2.26. The van der Waals surface area contributed by atoms with Crippen molar-refractivity contribution in [2.24, 2.45) is 0 Å². The number of rotatable bonds is 1. The molecule has 0 amide bonds. The number of carbonyl (C=O) groups is 1. The number of hydrogen-bond acceptors (Lipinski definition) is 5. The van der Waals surface area contributed by atoms with Crippen LogP contribution in [-0.2, 0) is 9.53 Å². The van der Waals surface area contributed by atoms with Crippen LogP contribution in [0, 0.1) is 11.3 Å². The Hall–Kier alpha value is -0.730. The number of nitriles is 1. The van der Waals surface area contributed by atoms with Gasteiger partial charge in [-0.25, -0.2) is 0 Å². The van der Waals surface area contributed by atoms with Crippen molar-refractivity contribution in [3.63, 3.8) is 0 Å². The maximum atomic E-state index is 11.0. The average molecular weight is 186 g/mol. The van der Waals surface area contributed by atoms with Gasteiger partial charge in [-0.1, -0.05) is 0 Å². The molecular weight excluding hydrogens is 176 g/mol. The Morgan fingerprint density at radius 3 is 3.08 bits per heavy atom. The first-order valence-corrected chi connectivity index (χ1v) is 4.74. The van der Waals surface area contributed by atoms with Gasteiger partial charge in [0.1, 0.15) is 12.1 Å². The van der Waals surface area contributed by atoms with Gasteiger partial charge in [0.2, 0.25) is 0 Å². The standard InChI is InChI=1S/C7H10N2O2S/c1-11-7(10)6-4-12-3-5(2-8)9-6/h5-6,9H,3-4H2,1H3/t5-,6+/m0/s1. The van der Waals surface area contributed by atoms with E-state index in [9.17, 15) is 4.79 Å². The van der Waals surface area contributed by atoms with E-state index in [4.69, 9.17) is 5.26 Å². The van der Waals surface area contributed by atoms with Gasteiger partial charge in [0, 0.05) is 11.5 Å². The molecule has 4 nitrogen and oxygen atoms in total. The van der Waals surface area contributed by atoms with E-state index in [1.807, 2.05) is 0 Å². The molecule has 0 aromatic heterocycles. The maximum absolute atomic E-state index is 11.0. The highest BCUT2D eigenvalue weighted by Crippen LogP contribution is 2.12. The number of nitrogens with one attached hydrogen (secondary N) is 1. The summed E-state index contributed by atoms with van der Waals surface area (Å²) in [6, 6.07) is 1.52. The molecule has 1 aliphatic rings. The molecule has 0 spiro atoms. The molecule has 1 saturated heterocycles. The number of thioether (sulfide) groups is 1. The van der Waals surface area contributed by atoms with Crippen molar-refractivity contribution in [3.05, 3.63) is 0 Å². The Morgan fingerprint density at radius 2 is 2.50 bits per heavy atom. The van der Waals surface area contributed by atoms with Crippen molar-refractivity contribution >= 4 is 17.7 Å². The molecule has 12 heavy (non-hydrogen) atoms. The van der Waals surface area contributed by atoms with Gasteiger partial charge in [-0.15, -0.1) is 0 Å². The van der Waals surface area contributed by atoms with Crippen LogP contribution in [0.2, 0.25) is 0 Å². The van der Waals surface area contributed by atoms with E-state index in [1.165, 1.54) is 7.11 Å². The Bertz CT molecular complexity index is 214. The Morgan fingerprint density at radius 1 is 1.75 bits per heavy atom. The van der Waals surface area contributed by atoms with Crippen LogP contribution in [0.4, 0.5) is 0 Å². The fourth-order valence-electron chi connectivity index (χ4n) is 0.996. The summed E-state index contributed by atoms with van der Waals surface area (Å²) in [5.41, 5.74) is 0. The van der Waals surface area contributed by atoms with E-state index in [0.29, 0.717) is 5.75 Å². The topological polar surface area (TPSA) is 62.1 Å². The number of ether oxygens (including phenoxy) is 1. The quantitative estimate of drug-likeness (QED) is 0.572. The molecule has 0 aliphatic carbocycles. The molecule has 1 aliphatic heterocycles. The SMILES string of the molecule is COC(=O)[C@H]1CSC[C@H](C#N)N1. The van der Waals surface area contributed by atoms with Crippen LogP contribution in [0.5, 0.6) is 0 Å². The van der Waals surface area contributed by atoms with E-state index < -0.39 is 0 Å². The normalized spacial score (nSPS) is 29.0. The first-order valence-electron chi connectivity index (χ1n) is 3.59. The van der Waals surface area contributed by atoms with Crippen molar-refractivity contribution in [1.29, 1.82) is 5.26 Å². The van der Waals surface area contributed by atoms with Crippen LogP contribution in [0.15, 0.2) is 0 Å². The van der Waals surface area contributed by atoms with Gasteiger partial charge < -0.3 is 4.74 Å². The van der Waals surface area contributed by atoms with Gasteiger partial charge in [-0.3, -0.25) is 10.1 Å². The number of nitrogens with zero attached hydrogens (tertiary/aromatic N) is 1. The minimum Gasteiger partial charge on any atom is -0.468 e. The van der Waals surface area contributed by atoms with E-state index in [1.54, 1.807) is 11.8 Å². The van der Waals surface area contributed by atoms with Crippen LogP contribution < -0.4 is 5.32 Å². The van der Waals surface area contributed by atoms with Crippen LogP contribution in [0.1, 0.15) is 0 Å². The summed E-state index contributed by atoms with van der Waals surface area (Å²) < 4.78 is 4.56. The van der Waals surface area contributed by atoms with E-state index >= 15 is 0 Å². The number of esters is 1. The van der Waals surface area contributed by atoms with E-state index in [2.05, 4.69) is 16.1 Å². The second kappa shape index (κ2) is 4.33. The largest absolute Gasteiger partial charge is 0.468 e. The van der Waals surface area contributed by atoms with Gasteiger partial charge >= 0.3 is 5.97 Å². The van der Waals surface area contributed by atoms with Gasteiger partial charge in [-0.05, 0) is 0 Å². The summed E-state index contributed by atoms with van der Waals surface area (Å²) in [4.78, 5) is 11.0. The first-order chi connectivity index (χ1) is 5.77. The molecule has 0 aromatic carbocycles. The summed E-state index contributed by atoms with van der Waals surface area (Å²) in [5.74, 6) is 1.14. The monoisotopic (exact) mass is 186 g/mol. The molecule has 0 radical (unpaired) electrons. The van der Waals surface area contributed by atoms with Gasteiger partial charge in [-0.2, -0.15) is 17.0 Å². The minimum absolute atomic E-state index is 0.229. The number of hydrogen-bond donors (Lipinski definition) is 1. The number of carbonyl (C=O) groups excluding carboxylic acids is 1. The van der Waals surface area contributed by atoms with E-state index in [-0.39, 0.29) is 18.1 Å². The zero-order valence-electron chi connectivity index (χ0n) is 6.74. The fraction of sp³-hybridized carbons (Fsp3) is 0.714. The third kappa shape index (κ3) is 2.13. The first kappa shape index (κ1) is 9.36. The highest BCUT2D eigenvalue weighted by molar-refractivity contribution is 7.99. The third-order valence-electron chi connectivity index (χ3n) is 1.61. The van der Waals surface area contributed by atoms with E-state index in [0.717, 1.165) is 5.75 Å². The second-order valence-electron chi connectivity index (χ2n) is 2.46. The lowest BCUT2D eigenvalue weighted by Gasteiger charge is -2.24. The lowest BCUT2D eigenvalue weighted by molar-refractivity contribution is -0.142. The molecular formula is C7H10N2O2S. The number of methoxy groups -OCH3 is 1. The van der Waals surface area contributed by atoms with Crippen LogP contribution in [0.3, 0.4) is 0 Å². The van der Waals surface area contributed by atoms with Crippen molar-refractivity contribution in [2.75, 3.05) is 18.6 Å². The van der Waals surface area contributed by atoms with Crippen LogP contribution in [-0.4, -0.2) is 36.7 Å². The predicted octanol–water partition coefficient (Wildman–Crippen LogP) is -0.243. The Balaban J connectivity index is 2.47. The maximum Gasteiger partial charge on any atom is 0.323 e. The van der Waals surface area contributed by atoms with Crippen molar-refractivity contribution in [3.8, 4) is 6.07 Å². The van der Waals surface area contributed by atoms with Crippen LogP contribution in [0.25, 0.3) is 0 Å². The smallest absolute Gasteiger partial charge is 0.323 e. The Kier molecular flexibility index (Phi) is 3.38. The lowest BCUT2D eigenvalue weighted by Crippen LogP contribution is -2.49. The van der Waals surface area contributed by atoms with Gasteiger partial charge in [0.25, 0.3) is 0 Å². The highest BCUT2D eigenvalue weighted by atomic mass is 32.2. The molecule has 1 rings (SSSR count). The lowest BCUT2D eigenvalue weighted by atomic mass is 10.2. The molecule has 2 atom stereocenters. The molecule has 66 valence electrons. The van der Waals surface area contributed by atoms with Crippen molar-refractivity contribution < 1.29 is 9.53 Å². The summed E-state index contributed by atoms with van der Waals surface area (Å²) in [6.07, 6.45) is 0. The van der Waals surface area contributed by atoms with Gasteiger partial charge in [0.05, 0.1) is 13.2 Å². The molecule has 0 bridgehead atoms. The summed E-state index contributed by atoms with van der Waals surface area (Å²) in [5, 5.41) is 11.5. The minimum atomic E-state index is -0.321. The average Bonchev–Trinajstić information content (AvgIpc) is 2.17. The molecule has 1 heterocycles. The molecule has 1 N–H and O–H groups in total. The predicted molar refractivity (Wildman–Crippen MR) is 45.7 cm³/mol. The zero-order valence-corrected chi connectivity index (χ0v) is 7.56. The fourth-order valence-corrected chi connectivity index (χ4v) is 2.01. The molecule has 0 unspecified atom stereocenters. The zero-order chi connectivity index (χ0) is 8.97. The molecule has 1 fully saturated rings. The second-order valence-corrected chi connectivity index (χ2v) is 3.54.